The van der Waals surface area contributed by atoms with Crippen molar-refractivity contribution in [1.29, 1.82) is 0 Å². The van der Waals surface area contributed by atoms with Crippen molar-refractivity contribution in [3.63, 3.8) is 0 Å². The first kappa shape index (κ1) is 16.1. The van der Waals surface area contributed by atoms with E-state index < -0.39 is 0 Å². The Morgan fingerprint density at radius 3 is 2.54 bits per heavy atom. The van der Waals surface area contributed by atoms with E-state index in [1.807, 2.05) is 24.3 Å². The summed E-state index contributed by atoms with van der Waals surface area (Å²) in [5.74, 6) is 0.847. The second kappa shape index (κ2) is 6.52. The summed E-state index contributed by atoms with van der Waals surface area (Å²) >= 11 is 0. The van der Waals surface area contributed by atoms with E-state index in [4.69, 9.17) is 4.74 Å². The van der Waals surface area contributed by atoms with Crippen LogP contribution in [-0.4, -0.2) is 4.92 Å². The molecule has 0 amide bonds. The molecule has 0 bridgehead atoms. The third-order valence-corrected chi connectivity index (χ3v) is 4.56. The lowest BCUT2D eigenvalue weighted by molar-refractivity contribution is -0.384. The van der Waals surface area contributed by atoms with Crippen molar-refractivity contribution in [3.8, 4) is 5.75 Å². The van der Waals surface area contributed by atoms with Gasteiger partial charge >= 0.3 is 0 Å². The van der Waals surface area contributed by atoms with E-state index in [1.54, 1.807) is 12.1 Å². The van der Waals surface area contributed by atoms with Crippen LogP contribution in [0.4, 0.5) is 11.4 Å². The van der Waals surface area contributed by atoms with Gasteiger partial charge in [0.25, 0.3) is 5.69 Å². The van der Waals surface area contributed by atoms with Crippen molar-refractivity contribution in [2.24, 2.45) is 0 Å². The fourth-order valence-corrected chi connectivity index (χ4v) is 3.24. The number of nitro groups is 1. The van der Waals surface area contributed by atoms with Gasteiger partial charge in [0.2, 0.25) is 0 Å². The molecule has 1 unspecified atom stereocenters. The molecule has 0 saturated heterocycles. The van der Waals surface area contributed by atoms with E-state index in [1.165, 1.54) is 17.7 Å². The van der Waals surface area contributed by atoms with Crippen LogP contribution in [0.1, 0.15) is 22.9 Å². The van der Waals surface area contributed by atoms with Crippen LogP contribution in [-0.2, 0) is 6.54 Å². The molecule has 0 spiro atoms. The number of benzene rings is 3. The number of rotatable bonds is 3. The van der Waals surface area contributed by atoms with Crippen LogP contribution in [0.5, 0.6) is 5.75 Å². The Kier molecular flexibility index (Phi) is 4.05. The summed E-state index contributed by atoms with van der Waals surface area (Å²) in [5.41, 5.74) is 4.30. The lowest BCUT2D eigenvalue weighted by Crippen LogP contribution is -2.36. The van der Waals surface area contributed by atoms with Crippen molar-refractivity contribution in [2.45, 2.75) is 19.7 Å². The number of hydrogen-bond donors (Lipinski definition) is 0. The molecule has 1 aliphatic rings. The molecule has 0 saturated carbocycles. The fourth-order valence-electron chi connectivity index (χ4n) is 3.24. The minimum absolute atomic E-state index is 0.0760. The molecule has 130 valence electrons. The number of ether oxygens (including phenoxy) is 1. The molecule has 3 aromatic carbocycles. The number of para-hydroxylation sites is 1. The van der Waals surface area contributed by atoms with Gasteiger partial charge in [-0.1, -0.05) is 30.3 Å². The molecule has 5 nitrogen and oxygen atoms in total. The number of nitrogens with zero attached hydrogens (tertiary/aromatic N) is 2. The fraction of sp³-hybridized carbons (Fsp3) is 0.143. The molecule has 0 fully saturated rings. The van der Waals surface area contributed by atoms with Gasteiger partial charge in [-0.25, -0.2) is 0 Å². The van der Waals surface area contributed by atoms with Gasteiger partial charge < -0.3 is 9.64 Å². The van der Waals surface area contributed by atoms with Crippen LogP contribution < -0.4 is 9.64 Å². The topological polar surface area (TPSA) is 55.6 Å². The number of anilines is 1. The van der Waals surface area contributed by atoms with Crippen LogP contribution in [0.2, 0.25) is 0 Å². The Bertz CT molecular complexity index is 953. The summed E-state index contributed by atoms with van der Waals surface area (Å²) in [6, 6.07) is 22.8. The summed E-state index contributed by atoms with van der Waals surface area (Å²) in [5, 5.41) is 10.9. The number of fused-ring (bicyclic) bond motifs is 1. The van der Waals surface area contributed by atoms with E-state index in [0.717, 1.165) is 22.6 Å². The quantitative estimate of drug-likeness (QED) is 0.494. The van der Waals surface area contributed by atoms with Gasteiger partial charge in [0.05, 0.1) is 11.5 Å². The highest BCUT2D eigenvalue weighted by Gasteiger charge is 2.29. The van der Waals surface area contributed by atoms with Crippen molar-refractivity contribution >= 4 is 11.4 Å². The van der Waals surface area contributed by atoms with Crippen LogP contribution in [0, 0.1) is 17.0 Å². The lowest BCUT2D eigenvalue weighted by atomic mass is 10.1. The van der Waals surface area contributed by atoms with Gasteiger partial charge in [0, 0.05) is 28.9 Å². The zero-order valence-corrected chi connectivity index (χ0v) is 14.3. The second-order valence-electron chi connectivity index (χ2n) is 6.39. The molecular formula is C21H18N2O3. The molecule has 1 heterocycles. The molecule has 0 aromatic heterocycles. The first-order valence-electron chi connectivity index (χ1n) is 8.44. The summed E-state index contributed by atoms with van der Waals surface area (Å²) in [6.07, 6.45) is -0.340. The Balaban J connectivity index is 1.77. The van der Waals surface area contributed by atoms with Crippen molar-refractivity contribution in [1.82, 2.24) is 0 Å². The number of non-ortho nitro benzene ring substituents is 1. The molecule has 5 heteroatoms. The third-order valence-electron chi connectivity index (χ3n) is 4.56. The normalized spacial score (nSPS) is 15.9. The molecule has 4 rings (SSSR count). The average Bonchev–Trinajstić information content (AvgIpc) is 2.67. The predicted octanol–water partition coefficient (Wildman–Crippen LogP) is 5.00. The Hall–Kier alpha value is -3.34. The summed E-state index contributed by atoms with van der Waals surface area (Å²) in [4.78, 5) is 12.7. The van der Waals surface area contributed by atoms with Crippen molar-refractivity contribution in [2.75, 3.05) is 4.90 Å². The molecule has 0 aliphatic carbocycles. The maximum atomic E-state index is 10.9. The standard InChI is InChI=1S/C21H18N2O3/c1-15-5-4-7-19(13-15)22-14-17-6-2-3-8-20(17)26-21(22)16-9-11-18(12-10-16)23(24)25/h2-13,21H,14H2,1H3. The second-order valence-corrected chi connectivity index (χ2v) is 6.39. The maximum Gasteiger partial charge on any atom is 0.269 e. The zero-order valence-electron chi connectivity index (χ0n) is 14.3. The molecular weight excluding hydrogens is 328 g/mol. The largest absolute Gasteiger partial charge is 0.466 e. The van der Waals surface area contributed by atoms with E-state index in [0.29, 0.717) is 6.54 Å². The van der Waals surface area contributed by atoms with Gasteiger partial charge in [0.1, 0.15) is 5.75 Å². The summed E-state index contributed by atoms with van der Waals surface area (Å²) in [7, 11) is 0. The van der Waals surface area contributed by atoms with Gasteiger partial charge in [-0.3, -0.25) is 10.1 Å². The summed E-state index contributed by atoms with van der Waals surface area (Å²) in [6.45, 7) is 2.77. The van der Waals surface area contributed by atoms with E-state index in [-0.39, 0.29) is 16.8 Å². The van der Waals surface area contributed by atoms with Gasteiger partial charge in [-0.2, -0.15) is 0 Å². The number of hydrogen-bond acceptors (Lipinski definition) is 4. The molecule has 26 heavy (non-hydrogen) atoms. The zero-order chi connectivity index (χ0) is 18.1. The molecule has 1 atom stereocenters. The lowest BCUT2D eigenvalue weighted by Gasteiger charge is -2.38. The van der Waals surface area contributed by atoms with Crippen LogP contribution in [0.15, 0.2) is 72.8 Å². The van der Waals surface area contributed by atoms with E-state index >= 15 is 0 Å². The monoisotopic (exact) mass is 346 g/mol. The Morgan fingerprint density at radius 2 is 1.81 bits per heavy atom. The van der Waals surface area contributed by atoms with Gasteiger partial charge in [-0.05, 0) is 42.8 Å². The molecule has 3 aromatic rings. The predicted molar refractivity (Wildman–Crippen MR) is 100 cm³/mol. The molecule has 0 N–H and O–H groups in total. The highest BCUT2D eigenvalue weighted by Crippen LogP contribution is 2.38. The van der Waals surface area contributed by atoms with E-state index in [2.05, 4.69) is 36.1 Å². The highest BCUT2D eigenvalue weighted by molar-refractivity contribution is 5.54. The Labute approximate surface area is 151 Å². The van der Waals surface area contributed by atoms with Crippen molar-refractivity contribution in [3.05, 3.63) is 99.6 Å². The van der Waals surface area contributed by atoms with Gasteiger partial charge in [-0.15, -0.1) is 0 Å². The number of aryl methyl sites for hydroxylation is 1. The van der Waals surface area contributed by atoms with Crippen LogP contribution in [0.25, 0.3) is 0 Å². The average molecular weight is 346 g/mol. The first-order chi connectivity index (χ1) is 12.6. The minimum Gasteiger partial charge on any atom is -0.466 e. The minimum atomic E-state index is -0.390. The number of nitro benzene ring substituents is 1. The van der Waals surface area contributed by atoms with Crippen LogP contribution in [0.3, 0.4) is 0 Å². The van der Waals surface area contributed by atoms with E-state index in [9.17, 15) is 10.1 Å². The smallest absolute Gasteiger partial charge is 0.269 e. The van der Waals surface area contributed by atoms with Crippen LogP contribution >= 0.6 is 0 Å². The molecule has 0 radical (unpaired) electrons. The SMILES string of the molecule is Cc1cccc(N2Cc3ccccc3OC2c2ccc([N+](=O)[O-])cc2)c1. The highest BCUT2D eigenvalue weighted by atomic mass is 16.6. The maximum absolute atomic E-state index is 10.9. The molecule has 1 aliphatic heterocycles. The Morgan fingerprint density at radius 1 is 1.04 bits per heavy atom. The third kappa shape index (κ3) is 2.99. The summed E-state index contributed by atoms with van der Waals surface area (Å²) < 4.78 is 6.28. The van der Waals surface area contributed by atoms with Crippen molar-refractivity contribution < 1.29 is 9.66 Å². The first-order valence-corrected chi connectivity index (χ1v) is 8.44. The van der Waals surface area contributed by atoms with Gasteiger partial charge in [0.15, 0.2) is 6.23 Å².